The minimum Gasteiger partial charge on any atom is -0.496 e. The van der Waals surface area contributed by atoms with E-state index < -0.39 is 0 Å². The minimum absolute atomic E-state index is 0.329. The van der Waals surface area contributed by atoms with Crippen molar-refractivity contribution in [3.8, 4) is 5.75 Å². The molecule has 1 unspecified atom stereocenters. The SMILES string of the molecule is COc1cc(C)ccc1C(C)NCCCCN(C)C. The van der Waals surface area contributed by atoms with Crippen LogP contribution in [0.25, 0.3) is 0 Å². The summed E-state index contributed by atoms with van der Waals surface area (Å²) in [4.78, 5) is 2.23. The van der Waals surface area contributed by atoms with Crippen LogP contribution in [0, 0.1) is 6.92 Å². The van der Waals surface area contributed by atoms with Crippen LogP contribution in [0.1, 0.15) is 36.9 Å². The van der Waals surface area contributed by atoms with Gasteiger partial charge in [-0.3, -0.25) is 0 Å². The molecule has 0 bridgehead atoms. The third-order valence-corrected chi connectivity index (χ3v) is 3.34. The number of unbranched alkanes of at least 4 members (excludes halogenated alkanes) is 1. The van der Waals surface area contributed by atoms with Gasteiger partial charge < -0.3 is 15.0 Å². The summed E-state index contributed by atoms with van der Waals surface area (Å²) in [5.74, 6) is 0.980. The second-order valence-electron chi connectivity index (χ2n) is 5.43. The molecule has 1 rings (SSSR count). The minimum atomic E-state index is 0.329. The van der Waals surface area contributed by atoms with Gasteiger partial charge in [-0.15, -0.1) is 0 Å². The fraction of sp³-hybridized carbons (Fsp3) is 0.625. The molecule has 0 aliphatic rings. The summed E-state index contributed by atoms with van der Waals surface area (Å²) in [6.07, 6.45) is 2.44. The smallest absolute Gasteiger partial charge is 0.123 e. The first-order valence-electron chi connectivity index (χ1n) is 7.07. The van der Waals surface area contributed by atoms with Crippen molar-refractivity contribution in [1.82, 2.24) is 10.2 Å². The van der Waals surface area contributed by atoms with Gasteiger partial charge in [0.15, 0.2) is 0 Å². The molecular formula is C16H28N2O. The molecule has 0 aliphatic carbocycles. The van der Waals surface area contributed by atoms with Crippen LogP contribution in [0.4, 0.5) is 0 Å². The second kappa shape index (κ2) is 8.18. The molecule has 0 spiro atoms. The van der Waals surface area contributed by atoms with E-state index in [2.05, 4.69) is 56.4 Å². The Morgan fingerprint density at radius 3 is 2.63 bits per heavy atom. The molecule has 0 fully saturated rings. The highest BCUT2D eigenvalue weighted by Gasteiger charge is 2.10. The van der Waals surface area contributed by atoms with Crippen LogP contribution in [0.15, 0.2) is 18.2 Å². The van der Waals surface area contributed by atoms with Crippen LogP contribution in [-0.2, 0) is 0 Å². The topological polar surface area (TPSA) is 24.5 Å². The highest BCUT2D eigenvalue weighted by molar-refractivity contribution is 5.38. The number of hydrogen-bond acceptors (Lipinski definition) is 3. The number of rotatable bonds is 8. The number of benzene rings is 1. The number of nitrogens with zero attached hydrogens (tertiary/aromatic N) is 1. The normalized spacial score (nSPS) is 12.7. The van der Waals surface area contributed by atoms with Crippen LogP contribution in [-0.4, -0.2) is 39.2 Å². The van der Waals surface area contributed by atoms with Gasteiger partial charge in [-0.25, -0.2) is 0 Å². The zero-order valence-electron chi connectivity index (χ0n) is 13.0. The summed E-state index contributed by atoms with van der Waals surface area (Å²) in [6, 6.07) is 6.72. The average Bonchev–Trinajstić information content (AvgIpc) is 2.37. The summed E-state index contributed by atoms with van der Waals surface area (Å²) in [6.45, 7) is 6.49. The van der Waals surface area contributed by atoms with Crippen molar-refractivity contribution in [2.75, 3.05) is 34.3 Å². The molecule has 108 valence electrons. The number of hydrogen-bond donors (Lipinski definition) is 1. The summed E-state index contributed by atoms with van der Waals surface area (Å²) < 4.78 is 5.46. The van der Waals surface area contributed by atoms with Crippen LogP contribution >= 0.6 is 0 Å². The first kappa shape index (κ1) is 16.0. The van der Waals surface area contributed by atoms with E-state index in [1.54, 1.807) is 7.11 Å². The molecule has 19 heavy (non-hydrogen) atoms. The first-order valence-corrected chi connectivity index (χ1v) is 7.07. The predicted octanol–water partition coefficient (Wildman–Crippen LogP) is 3.00. The molecule has 3 nitrogen and oxygen atoms in total. The molecule has 0 aliphatic heterocycles. The van der Waals surface area contributed by atoms with E-state index in [9.17, 15) is 0 Å². The van der Waals surface area contributed by atoms with E-state index in [4.69, 9.17) is 4.74 Å². The number of nitrogens with one attached hydrogen (secondary N) is 1. The first-order chi connectivity index (χ1) is 9.04. The van der Waals surface area contributed by atoms with E-state index in [0.717, 1.165) is 18.8 Å². The van der Waals surface area contributed by atoms with Crippen molar-refractivity contribution in [3.05, 3.63) is 29.3 Å². The highest BCUT2D eigenvalue weighted by atomic mass is 16.5. The van der Waals surface area contributed by atoms with Crippen molar-refractivity contribution in [2.24, 2.45) is 0 Å². The summed E-state index contributed by atoms with van der Waals surface area (Å²) >= 11 is 0. The molecule has 0 amide bonds. The Morgan fingerprint density at radius 2 is 2.00 bits per heavy atom. The lowest BCUT2D eigenvalue weighted by Gasteiger charge is -2.18. The fourth-order valence-electron chi connectivity index (χ4n) is 2.16. The Balaban J connectivity index is 2.43. The second-order valence-corrected chi connectivity index (χ2v) is 5.43. The predicted molar refractivity (Wildman–Crippen MR) is 81.9 cm³/mol. The summed E-state index contributed by atoms with van der Waals surface area (Å²) in [5.41, 5.74) is 2.47. The van der Waals surface area contributed by atoms with E-state index in [1.165, 1.54) is 24.0 Å². The van der Waals surface area contributed by atoms with Crippen LogP contribution in [0.5, 0.6) is 5.75 Å². The van der Waals surface area contributed by atoms with Gasteiger partial charge >= 0.3 is 0 Å². The molecule has 3 heteroatoms. The van der Waals surface area contributed by atoms with Crippen molar-refractivity contribution in [3.63, 3.8) is 0 Å². The van der Waals surface area contributed by atoms with Gasteiger partial charge in [0.25, 0.3) is 0 Å². The maximum atomic E-state index is 5.46. The Hall–Kier alpha value is -1.06. The Bertz CT molecular complexity index is 377. The van der Waals surface area contributed by atoms with Gasteiger partial charge in [0, 0.05) is 11.6 Å². The lowest BCUT2D eigenvalue weighted by atomic mass is 10.0. The van der Waals surface area contributed by atoms with E-state index in [1.807, 2.05) is 0 Å². The monoisotopic (exact) mass is 264 g/mol. The Kier molecular flexibility index (Phi) is 6.89. The zero-order valence-corrected chi connectivity index (χ0v) is 13.0. The van der Waals surface area contributed by atoms with Gasteiger partial charge in [0.2, 0.25) is 0 Å². The van der Waals surface area contributed by atoms with E-state index in [-0.39, 0.29) is 0 Å². The molecule has 0 saturated carbocycles. The third kappa shape index (κ3) is 5.62. The zero-order chi connectivity index (χ0) is 14.3. The van der Waals surface area contributed by atoms with Gasteiger partial charge in [-0.05, 0) is 65.5 Å². The van der Waals surface area contributed by atoms with E-state index >= 15 is 0 Å². The lowest BCUT2D eigenvalue weighted by molar-refractivity contribution is 0.385. The van der Waals surface area contributed by atoms with Crippen LogP contribution < -0.4 is 10.1 Å². The van der Waals surface area contributed by atoms with Crippen LogP contribution in [0.3, 0.4) is 0 Å². The number of ether oxygens (including phenoxy) is 1. The molecule has 1 aromatic rings. The summed E-state index contributed by atoms with van der Waals surface area (Å²) in [7, 11) is 5.97. The largest absolute Gasteiger partial charge is 0.496 e. The van der Waals surface area contributed by atoms with E-state index in [0.29, 0.717) is 6.04 Å². The lowest BCUT2D eigenvalue weighted by Crippen LogP contribution is -2.21. The molecule has 0 heterocycles. The summed E-state index contributed by atoms with van der Waals surface area (Å²) in [5, 5.41) is 3.57. The van der Waals surface area contributed by atoms with Gasteiger partial charge in [0.05, 0.1) is 7.11 Å². The standard InChI is InChI=1S/C16H28N2O/c1-13-8-9-15(16(12-13)19-5)14(2)17-10-6-7-11-18(3)4/h8-9,12,14,17H,6-7,10-11H2,1-5H3. The molecule has 1 aromatic carbocycles. The molecule has 1 atom stereocenters. The van der Waals surface area contributed by atoms with Gasteiger partial charge in [-0.2, -0.15) is 0 Å². The van der Waals surface area contributed by atoms with Crippen molar-refractivity contribution >= 4 is 0 Å². The van der Waals surface area contributed by atoms with Crippen LogP contribution in [0.2, 0.25) is 0 Å². The Labute approximate surface area is 118 Å². The highest BCUT2D eigenvalue weighted by Crippen LogP contribution is 2.25. The number of aryl methyl sites for hydroxylation is 1. The quantitative estimate of drug-likeness (QED) is 0.731. The Morgan fingerprint density at radius 1 is 1.26 bits per heavy atom. The molecule has 0 aromatic heterocycles. The average molecular weight is 264 g/mol. The van der Waals surface area contributed by atoms with Crippen molar-refractivity contribution < 1.29 is 4.74 Å². The molecule has 0 saturated heterocycles. The van der Waals surface area contributed by atoms with Crippen molar-refractivity contribution in [1.29, 1.82) is 0 Å². The fourth-order valence-corrected chi connectivity index (χ4v) is 2.16. The maximum absolute atomic E-state index is 5.46. The van der Waals surface area contributed by atoms with Crippen molar-refractivity contribution in [2.45, 2.75) is 32.7 Å². The van der Waals surface area contributed by atoms with Gasteiger partial charge in [0.1, 0.15) is 5.75 Å². The van der Waals surface area contributed by atoms with Gasteiger partial charge in [-0.1, -0.05) is 12.1 Å². The third-order valence-electron chi connectivity index (χ3n) is 3.34. The maximum Gasteiger partial charge on any atom is 0.123 e. The molecule has 1 N–H and O–H groups in total. The number of methoxy groups -OCH3 is 1. The molecule has 0 radical (unpaired) electrons. The molecular weight excluding hydrogens is 236 g/mol.